The Morgan fingerprint density at radius 2 is 2.27 bits per heavy atom. The van der Waals surface area contributed by atoms with Gasteiger partial charge in [-0.2, -0.15) is 0 Å². The van der Waals surface area contributed by atoms with Crippen molar-refractivity contribution in [1.82, 2.24) is 4.98 Å². The lowest BCUT2D eigenvalue weighted by Gasteiger charge is -2.25. The van der Waals surface area contributed by atoms with Crippen LogP contribution in [0.1, 0.15) is 6.92 Å². The number of thiazole rings is 1. The maximum atomic E-state index is 11.7. The summed E-state index contributed by atoms with van der Waals surface area (Å²) in [4.78, 5) is 18.6. The van der Waals surface area contributed by atoms with Crippen LogP contribution in [0.15, 0.2) is 18.2 Å². The van der Waals surface area contributed by atoms with E-state index in [4.69, 9.17) is 9.47 Å². The average molecular weight is 321 g/mol. The number of carbonyl (C=O) groups is 1. The molecule has 0 bridgehead atoms. The molecule has 2 aromatic rings. The van der Waals surface area contributed by atoms with Gasteiger partial charge < -0.3 is 19.7 Å². The molecule has 3 rings (SSSR count). The summed E-state index contributed by atoms with van der Waals surface area (Å²) in [6.07, 6.45) is 0. The molecule has 1 aromatic heterocycles. The van der Waals surface area contributed by atoms with Crippen LogP contribution in [-0.2, 0) is 14.3 Å². The maximum Gasteiger partial charge on any atom is 0.250 e. The Hall–Kier alpha value is -1.70. The van der Waals surface area contributed by atoms with Gasteiger partial charge in [-0.05, 0) is 25.1 Å². The van der Waals surface area contributed by atoms with Crippen molar-refractivity contribution in [2.24, 2.45) is 0 Å². The van der Waals surface area contributed by atoms with Crippen LogP contribution in [0.3, 0.4) is 0 Å². The normalized spacial score (nSPS) is 15.2. The average Bonchev–Trinajstić information content (AvgIpc) is 2.97. The molecule has 1 aliphatic heterocycles. The fraction of sp³-hybridized carbons (Fsp3) is 0.467. The highest BCUT2D eigenvalue weighted by atomic mass is 32.1. The molecule has 1 saturated heterocycles. The second-order valence-electron chi connectivity index (χ2n) is 4.96. The summed E-state index contributed by atoms with van der Waals surface area (Å²) in [5.74, 6) is -0.140. The van der Waals surface area contributed by atoms with Gasteiger partial charge >= 0.3 is 0 Å². The van der Waals surface area contributed by atoms with Crippen molar-refractivity contribution in [2.75, 3.05) is 49.7 Å². The van der Waals surface area contributed by atoms with Crippen LogP contribution in [0.5, 0.6) is 0 Å². The highest BCUT2D eigenvalue weighted by Gasteiger charge is 2.15. The highest BCUT2D eigenvalue weighted by molar-refractivity contribution is 7.22. The lowest BCUT2D eigenvalue weighted by Crippen LogP contribution is -2.36. The Labute approximate surface area is 133 Å². The van der Waals surface area contributed by atoms with E-state index in [1.807, 2.05) is 25.1 Å². The molecular weight excluding hydrogens is 302 g/mol. The molecule has 1 N–H and O–H groups in total. The van der Waals surface area contributed by atoms with Crippen molar-refractivity contribution >= 4 is 38.3 Å². The number of carbonyl (C=O) groups excluding carboxylic acids is 1. The number of fused-ring (bicyclic) bond motifs is 1. The number of hydrogen-bond donors (Lipinski definition) is 1. The van der Waals surface area contributed by atoms with Crippen molar-refractivity contribution in [2.45, 2.75) is 6.92 Å². The summed E-state index contributed by atoms with van der Waals surface area (Å²) in [7, 11) is 0. The number of nitrogens with one attached hydrogen (secondary N) is 1. The Morgan fingerprint density at radius 3 is 3.05 bits per heavy atom. The monoisotopic (exact) mass is 321 g/mol. The maximum absolute atomic E-state index is 11.7. The minimum Gasteiger partial charge on any atom is -0.378 e. The molecule has 0 atom stereocenters. The van der Waals surface area contributed by atoms with Crippen LogP contribution in [-0.4, -0.2) is 50.4 Å². The lowest BCUT2D eigenvalue weighted by molar-refractivity contribution is -0.120. The number of rotatable bonds is 5. The SMILES string of the molecule is CCOCC(=O)Nc1ccc2nc(N3CCOCC3)sc2c1. The van der Waals surface area contributed by atoms with Crippen LogP contribution in [0, 0.1) is 0 Å². The van der Waals surface area contributed by atoms with Gasteiger partial charge in [0.1, 0.15) is 6.61 Å². The van der Waals surface area contributed by atoms with Crippen molar-refractivity contribution < 1.29 is 14.3 Å². The smallest absolute Gasteiger partial charge is 0.250 e. The molecule has 6 nitrogen and oxygen atoms in total. The third-order valence-corrected chi connectivity index (χ3v) is 4.46. The third-order valence-electron chi connectivity index (χ3n) is 3.38. The second-order valence-corrected chi connectivity index (χ2v) is 5.97. The minimum atomic E-state index is -0.140. The number of morpholine rings is 1. The predicted molar refractivity (Wildman–Crippen MR) is 87.8 cm³/mol. The van der Waals surface area contributed by atoms with Gasteiger partial charge in [0.15, 0.2) is 5.13 Å². The van der Waals surface area contributed by atoms with E-state index in [2.05, 4.69) is 15.2 Å². The van der Waals surface area contributed by atoms with E-state index < -0.39 is 0 Å². The standard InChI is InChI=1S/C15H19N3O3S/c1-2-20-10-14(19)16-11-3-4-12-13(9-11)22-15(17-12)18-5-7-21-8-6-18/h3-4,9H,2,5-8,10H2,1H3,(H,16,19). The van der Waals surface area contributed by atoms with Crippen molar-refractivity contribution in [1.29, 1.82) is 0 Å². The van der Waals surface area contributed by atoms with E-state index in [9.17, 15) is 4.79 Å². The Balaban J connectivity index is 1.73. The molecule has 7 heteroatoms. The lowest BCUT2D eigenvalue weighted by atomic mass is 10.3. The Bertz CT molecular complexity index is 653. The van der Waals surface area contributed by atoms with Crippen LogP contribution in [0.2, 0.25) is 0 Å². The minimum absolute atomic E-state index is 0.0796. The largest absolute Gasteiger partial charge is 0.378 e. The van der Waals surface area contributed by atoms with Crippen LogP contribution < -0.4 is 10.2 Å². The summed E-state index contributed by atoms with van der Waals surface area (Å²) < 4.78 is 11.5. The summed E-state index contributed by atoms with van der Waals surface area (Å²) >= 11 is 1.64. The second kappa shape index (κ2) is 7.04. The molecular formula is C15H19N3O3S. The first-order valence-electron chi connectivity index (χ1n) is 7.37. The number of benzene rings is 1. The van der Waals surface area contributed by atoms with Crippen molar-refractivity contribution in [3.8, 4) is 0 Å². The predicted octanol–water partition coefficient (Wildman–Crippen LogP) is 2.11. The van der Waals surface area contributed by atoms with Crippen LogP contribution in [0.25, 0.3) is 10.2 Å². The molecule has 1 aromatic carbocycles. The van der Waals surface area contributed by atoms with Gasteiger partial charge in [-0.1, -0.05) is 11.3 Å². The number of hydrogen-bond acceptors (Lipinski definition) is 6. The van der Waals surface area contributed by atoms with Crippen LogP contribution >= 0.6 is 11.3 Å². The summed E-state index contributed by atoms with van der Waals surface area (Å²) in [5, 5.41) is 3.85. The van der Waals surface area contributed by atoms with Crippen LogP contribution in [0.4, 0.5) is 10.8 Å². The quantitative estimate of drug-likeness (QED) is 0.914. The zero-order chi connectivity index (χ0) is 15.4. The van der Waals surface area contributed by atoms with Gasteiger partial charge in [0.25, 0.3) is 0 Å². The number of nitrogens with zero attached hydrogens (tertiary/aromatic N) is 2. The van der Waals surface area contributed by atoms with E-state index >= 15 is 0 Å². The topological polar surface area (TPSA) is 63.7 Å². The molecule has 118 valence electrons. The van der Waals surface area contributed by atoms with E-state index in [0.717, 1.165) is 47.3 Å². The molecule has 1 aliphatic rings. The van der Waals surface area contributed by atoms with Gasteiger partial charge in [-0.15, -0.1) is 0 Å². The van der Waals surface area contributed by atoms with Gasteiger partial charge in [0.2, 0.25) is 5.91 Å². The zero-order valence-electron chi connectivity index (χ0n) is 12.5. The van der Waals surface area contributed by atoms with Gasteiger partial charge in [0.05, 0.1) is 23.4 Å². The molecule has 0 radical (unpaired) electrons. The van der Waals surface area contributed by atoms with Gasteiger partial charge in [0, 0.05) is 25.4 Å². The first-order valence-corrected chi connectivity index (χ1v) is 8.19. The summed E-state index contributed by atoms with van der Waals surface area (Å²) in [5.41, 5.74) is 1.73. The van der Waals surface area contributed by atoms with E-state index in [1.165, 1.54) is 0 Å². The first-order chi connectivity index (χ1) is 10.8. The number of aromatic nitrogens is 1. The third kappa shape index (κ3) is 3.55. The number of anilines is 2. The molecule has 1 amide bonds. The van der Waals surface area contributed by atoms with Crippen molar-refractivity contribution in [3.05, 3.63) is 18.2 Å². The fourth-order valence-corrected chi connectivity index (χ4v) is 3.33. The molecule has 1 fully saturated rings. The Morgan fingerprint density at radius 1 is 1.45 bits per heavy atom. The van der Waals surface area contributed by atoms with E-state index in [1.54, 1.807) is 11.3 Å². The molecule has 22 heavy (non-hydrogen) atoms. The highest BCUT2D eigenvalue weighted by Crippen LogP contribution is 2.31. The van der Waals surface area contributed by atoms with E-state index in [-0.39, 0.29) is 12.5 Å². The zero-order valence-corrected chi connectivity index (χ0v) is 13.3. The first kappa shape index (κ1) is 15.2. The van der Waals surface area contributed by atoms with Gasteiger partial charge in [-0.25, -0.2) is 4.98 Å². The number of amides is 1. The molecule has 0 aliphatic carbocycles. The van der Waals surface area contributed by atoms with E-state index in [0.29, 0.717) is 6.61 Å². The summed E-state index contributed by atoms with van der Waals surface area (Å²) in [6, 6.07) is 5.77. The molecule has 2 heterocycles. The fourth-order valence-electron chi connectivity index (χ4n) is 2.27. The summed E-state index contributed by atoms with van der Waals surface area (Å²) in [6.45, 7) is 5.71. The Kier molecular flexibility index (Phi) is 4.87. The van der Waals surface area contributed by atoms with Crippen molar-refractivity contribution in [3.63, 3.8) is 0 Å². The molecule has 0 spiro atoms. The number of ether oxygens (including phenoxy) is 2. The van der Waals surface area contributed by atoms with Gasteiger partial charge in [-0.3, -0.25) is 4.79 Å². The molecule has 0 saturated carbocycles. The molecule has 0 unspecified atom stereocenters.